The molecule has 0 aliphatic carbocycles. The molecule has 6 nitrogen and oxygen atoms in total. The van der Waals surface area contributed by atoms with Crippen molar-refractivity contribution in [3.8, 4) is 0 Å². The molecule has 0 saturated heterocycles. The number of nitro groups is 1. The van der Waals surface area contributed by atoms with Crippen molar-refractivity contribution < 1.29 is 4.92 Å². The van der Waals surface area contributed by atoms with Crippen LogP contribution in [0.2, 0.25) is 0 Å². The van der Waals surface area contributed by atoms with Gasteiger partial charge in [0.25, 0.3) is 0 Å². The van der Waals surface area contributed by atoms with Gasteiger partial charge in [0.1, 0.15) is 5.69 Å². The van der Waals surface area contributed by atoms with Crippen LogP contribution in [0.3, 0.4) is 0 Å². The van der Waals surface area contributed by atoms with E-state index >= 15 is 0 Å². The lowest BCUT2D eigenvalue weighted by Crippen LogP contribution is -2.11. The van der Waals surface area contributed by atoms with Gasteiger partial charge in [-0.25, -0.2) is 4.68 Å². The van der Waals surface area contributed by atoms with Crippen LogP contribution in [0.4, 0.5) is 11.5 Å². The molecule has 0 aliphatic rings. The first-order valence-corrected chi connectivity index (χ1v) is 6.81. The summed E-state index contributed by atoms with van der Waals surface area (Å²) in [6.07, 6.45) is 0.509. The average Bonchev–Trinajstić information content (AvgIpc) is 2.64. The van der Waals surface area contributed by atoms with E-state index in [9.17, 15) is 10.1 Å². The SMILES string of the molecule is CC(C)(C)Cc1nn(Cc2ccccc2)c(N)c1[N+](=O)[O-]. The Hall–Kier alpha value is -2.37. The molecule has 0 aliphatic heterocycles. The number of nitrogens with two attached hydrogens (primary N) is 1. The van der Waals surface area contributed by atoms with Gasteiger partial charge in [0.15, 0.2) is 0 Å². The molecule has 0 radical (unpaired) electrons. The van der Waals surface area contributed by atoms with Crippen LogP contribution in [0.5, 0.6) is 0 Å². The standard InChI is InChI=1S/C15H20N4O2/c1-15(2,3)9-12-13(19(20)21)14(16)18(17-12)10-11-7-5-4-6-8-11/h4-8H,9-10,16H2,1-3H3. The van der Waals surface area contributed by atoms with Crippen LogP contribution >= 0.6 is 0 Å². The number of rotatable bonds is 4. The first-order chi connectivity index (χ1) is 9.78. The number of benzene rings is 1. The summed E-state index contributed by atoms with van der Waals surface area (Å²) in [4.78, 5) is 10.8. The second-order valence-corrected chi connectivity index (χ2v) is 6.32. The molecular formula is C15H20N4O2. The van der Waals surface area contributed by atoms with Crippen LogP contribution in [0, 0.1) is 15.5 Å². The van der Waals surface area contributed by atoms with Gasteiger partial charge in [-0.2, -0.15) is 5.10 Å². The third kappa shape index (κ3) is 3.59. The first kappa shape index (κ1) is 15.0. The number of hydrogen-bond acceptors (Lipinski definition) is 4. The summed E-state index contributed by atoms with van der Waals surface area (Å²) in [5.74, 6) is 0.114. The van der Waals surface area contributed by atoms with E-state index in [2.05, 4.69) is 5.10 Å². The molecule has 112 valence electrons. The summed E-state index contributed by atoms with van der Waals surface area (Å²) < 4.78 is 1.51. The summed E-state index contributed by atoms with van der Waals surface area (Å²) in [5, 5.41) is 15.6. The topological polar surface area (TPSA) is 87.0 Å². The van der Waals surface area contributed by atoms with E-state index in [-0.39, 0.29) is 16.9 Å². The Bertz CT molecular complexity index is 642. The smallest absolute Gasteiger partial charge is 0.333 e. The fourth-order valence-electron chi connectivity index (χ4n) is 2.21. The van der Waals surface area contributed by atoms with Gasteiger partial charge in [0.2, 0.25) is 5.82 Å². The normalized spacial score (nSPS) is 11.6. The monoisotopic (exact) mass is 288 g/mol. The molecule has 0 amide bonds. The fourth-order valence-corrected chi connectivity index (χ4v) is 2.21. The highest BCUT2D eigenvalue weighted by Gasteiger charge is 2.28. The van der Waals surface area contributed by atoms with Crippen LogP contribution in [0.1, 0.15) is 32.0 Å². The molecule has 0 bridgehead atoms. The van der Waals surface area contributed by atoms with Gasteiger partial charge in [0.05, 0.1) is 11.5 Å². The zero-order valence-electron chi connectivity index (χ0n) is 12.5. The molecule has 2 aromatic rings. The van der Waals surface area contributed by atoms with Gasteiger partial charge in [0, 0.05) is 6.42 Å². The highest BCUT2D eigenvalue weighted by atomic mass is 16.6. The van der Waals surface area contributed by atoms with Crippen molar-refractivity contribution in [2.45, 2.75) is 33.7 Å². The molecule has 1 heterocycles. The maximum absolute atomic E-state index is 11.3. The van der Waals surface area contributed by atoms with E-state index in [1.807, 2.05) is 51.1 Å². The molecule has 0 saturated carbocycles. The summed E-state index contributed by atoms with van der Waals surface area (Å²) in [6, 6.07) is 9.63. The third-order valence-corrected chi connectivity index (χ3v) is 3.09. The third-order valence-electron chi connectivity index (χ3n) is 3.09. The minimum absolute atomic E-state index is 0.0687. The average molecular weight is 288 g/mol. The lowest BCUT2D eigenvalue weighted by Gasteiger charge is -2.15. The van der Waals surface area contributed by atoms with E-state index in [1.54, 1.807) is 0 Å². The Labute approximate surface area is 123 Å². The number of anilines is 1. The highest BCUT2D eigenvalue weighted by Crippen LogP contribution is 2.31. The number of hydrogen-bond donors (Lipinski definition) is 1. The largest absolute Gasteiger partial charge is 0.378 e. The Morgan fingerprint density at radius 2 is 1.90 bits per heavy atom. The van der Waals surface area contributed by atoms with E-state index in [0.717, 1.165) is 5.56 Å². The van der Waals surface area contributed by atoms with Crippen LogP contribution in [-0.4, -0.2) is 14.7 Å². The summed E-state index contributed by atoms with van der Waals surface area (Å²) in [6.45, 7) is 6.48. The van der Waals surface area contributed by atoms with E-state index in [0.29, 0.717) is 18.7 Å². The summed E-state index contributed by atoms with van der Waals surface area (Å²) in [5.41, 5.74) is 7.22. The Morgan fingerprint density at radius 3 is 2.43 bits per heavy atom. The minimum Gasteiger partial charge on any atom is -0.378 e. The van der Waals surface area contributed by atoms with E-state index in [4.69, 9.17) is 5.73 Å². The number of nitrogens with zero attached hydrogens (tertiary/aromatic N) is 3. The lowest BCUT2D eigenvalue weighted by molar-refractivity contribution is -0.384. The van der Waals surface area contributed by atoms with Crippen molar-refractivity contribution in [2.75, 3.05) is 5.73 Å². The molecule has 2 N–H and O–H groups in total. The Balaban J connectivity index is 2.39. The summed E-state index contributed by atoms with van der Waals surface area (Å²) >= 11 is 0. The van der Waals surface area contributed by atoms with Crippen LogP contribution in [-0.2, 0) is 13.0 Å². The van der Waals surface area contributed by atoms with Crippen LogP contribution < -0.4 is 5.73 Å². The maximum atomic E-state index is 11.3. The zero-order chi connectivity index (χ0) is 15.6. The van der Waals surface area contributed by atoms with Crippen molar-refractivity contribution in [1.82, 2.24) is 9.78 Å². The van der Waals surface area contributed by atoms with Gasteiger partial charge < -0.3 is 5.73 Å². The Morgan fingerprint density at radius 1 is 1.29 bits per heavy atom. The molecule has 0 fully saturated rings. The van der Waals surface area contributed by atoms with E-state index < -0.39 is 4.92 Å². The zero-order valence-corrected chi connectivity index (χ0v) is 12.5. The molecule has 0 spiro atoms. The molecule has 2 rings (SSSR count). The molecule has 0 atom stereocenters. The predicted molar refractivity (Wildman–Crippen MR) is 82.0 cm³/mol. The number of aromatic nitrogens is 2. The molecule has 6 heteroatoms. The van der Waals surface area contributed by atoms with Gasteiger partial charge in [-0.1, -0.05) is 51.1 Å². The summed E-state index contributed by atoms with van der Waals surface area (Å²) in [7, 11) is 0. The molecule has 21 heavy (non-hydrogen) atoms. The van der Waals surface area contributed by atoms with Crippen molar-refractivity contribution in [2.24, 2.45) is 5.41 Å². The molecule has 0 unspecified atom stereocenters. The van der Waals surface area contributed by atoms with Gasteiger partial charge in [-0.05, 0) is 11.0 Å². The van der Waals surface area contributed by atoms with Crippen molar-refractivity contribution in [1.29, 1.82) is 0 Å². The minimum atomic E-state index is -0.440. The van der Waals surface area contributed by atoms with Gasteiger partial charge in [-0.3, -0.25) is 10.1 Å². The van der Waals surface area contributed by atoms with Crippen molar-refractivity contribution in [3.05, 3.63) is 51.7 Å². The molecular weight excluding hydrogens is 268 g/mol. The molecule has 1 aromatic carbocycles. The van der Waals surface area contributed by atoms with Crippen molar-refractivity contribution >= 4 is 11.5 Å². The van der Waals surface area contributed by atoms with Crippen LogP contribution in [0.15, 0.2) is 30.3 Å². The van der Waals surface area contributed by atoms with Gasteiger partial charge in [-0.15, -0.1) is 0 Å². The van der Waals surface area contributed by atoms with Crippen molar-refractivity contribution in [3.63, 3.8) is 0 Å². The Kier molecular flexibility index (Phi) is 3.97. The molecule has 1 aromatic heterocycles. The second kappa shape index (κ2) is 5.55. The van der Waals surface area contributed by atoms with E-state index in [1.165, 1.54) is 4.68 Å². The predicted octanol–water partition coefficient (Wildman–Crippen LogP) is 3.01. The van der Waals surface area contributed by atoms with Gasteiger partial charge >= 0.3 is 5.69 Å². The fraction of sp³-hybridized carbons (Fsp3) is 0.400. The maximum Gasteiger partial charge on any atom is 0.333 e. The number of nitrogen functional groups attached to an aromatic ring is 1. The highest BCUT2D eigenvalue weighted by molar-refractivity contribution is 5.57. The second-order valence-electron chi connectivity index (χ2n) is 6.32. The lowest BCUT2D eigenvalue weighted by atomic mass is 9.90. The van der Waals surface area contributed by atoms with Crippen LogP contribution in [0.25, 0.3) is 0 Å². The quantitative estimate of drug-likeness (QED) is 0.692. The first-order valence-electron chi connectivity index (χ1n) is 6.81.